The standard InChI is InChI=1S/C10H8BrClO2S/c11-9-3-2-8(14-9)7(13)5-6-1-4-10(12)15-6/h1-4,7,13H,5H2. The number of hydrogen-bond acceptors (Lipinski definition) is 3. The molecule has 0 aliphatic heterocycles. The summed E-state index contributed by atoms with van der Waals surface area (Å²) in [5.74, 6) is 0.561. The van der Waals surface area contributed by atoms with Gasteiger partial charge in [0, 0.05) is 11.3 Å². The first-order chi connectivity index (χ1) is 7.15. The topological polar surface area (TPSA) is 33.4 Å². The number of aliphatic hydroxyl groups is 1. The van der Waals surface area contributed by atoms with Crippen LogP contribution in [-0.4, -0.2) is 5.11 Å². The summed E-state index contributed by atoms with van der Waals surface area (Å²) in [6.45, 7) is 0. The summed E-state index contributed by atoms with van der Waals surface area (Å²) >= 11 is 10.5. The zero-order chi connectivity index (χ0) is 10.8. The molecule has 0 saturated carbocycles. The van der Waals surface area contributed by atoms with Crippen molar-refractivity contribution in [1.82, 2.24) is 0 Å². The first kappa shape index (κ1) is 11.2. The largest absolute Gasteiger partial charge is 0.452 e. The van der Waals surface area contributed by atoms with Crippen LogP contribution in [0.25, 0.3) is 0 Å². The van der Waals surface area contributed by atoms with Gasteiger partial charge in [-0.15, -0.1) is 11.3 Å². The molecule has 0 saturated heterocycles. The van der Waals surface area contributed by atoms with E-state index in [2.05, 4.69) is 15.9 Å². The van der Waals surface area contributed by atoms with Gasteiger partial charge in [-0.05, 0) is 40.2 Å². The molecule has 0 fully saturated rings. The molecule has 0 spiro atoms. The van der Waals surface area contributed by atoms with Crippen molar-refractivity contribution in [3.8, 4) is 0 Å². The Labute approximate surface area is 105 Å². The molecule has 80 valence electrons. The molecule has 0 bridgehead atoms. The summed E-state index contributed by atoms with van der Waals surface area (Å²) in [7, 11) is 0. The molecule has 0 amide bonds. The van der Waals surface area contributed by atoms with Gasteiger partial charge in [0.25, 0.3) is 0 Å². The third-order valence-corrected chi connectivity index (χ3v) is 3.63. The second-order valence-corrected chi connectivity index (χ2v) is 5.65. The highest BCUT2D eigenvalue weighted by Crippen LogP contribution is 2.28. The minimum Gasteiger partial charge on any atom is -0.452 e. The molecule has 1 N–H and O–H groups in total. The first-order valence-corrected chi connectivity index (χ1v) is 6.31. The summed E-state index contributed by atoms with van der Waals surface area (Å²) in [5.41, 5.74) is 0. The summed E-state index contributed by atoms with van der Waals surface area (Å²) in [5, 5.41) is 9.85. The molecular weight excluding hydrogens is 300 g/mol. The predicted octanol–water partition coefficient (Wildman–Crippen LogP) is 4.03. The third-order valence-electron chi connectivity index (χ3n) is 1.95. The normalized spacial score (nSPS) is 13.0. The summed E-state index contributed by atoms with van der Waals surface area (Å²) in [6, 6.07) is 7.25. The van der Waals surface area contributed by atoms with E-state index in [1.165, 1.54) is 11.3 Å². The minimum atomic E-state index is -0.619. The van der Waals surface area contributed by atoms with Crippen LogP contribution in [0.3, 0.4) is 0 Å². The Bertz CT molecular complexity index is 452. The zero-order valence-corrected chi connectivity index (χ0v) is 10.8. The van der Waals surface area contributed by atoms with Gasteiger partial charge in [-0.2, -0.15) is 0 Å². The van der Waals surface area contributed by atoms with Gasteiger partial charge in [-0.25, -0.2) is 0 Å². The monoisotopic (exact) mass is 306 g/mol. The SMILES string of the molecule is OC(Cc1ccc(Cl)s1)c1ccc(Br)o1. The Kier molecular flexibility index (Phi) is 3.51. The Hall–Kier alpha value is -0.290. The number of rotatable bonds is 3. The molecule has 1 atom stereocenters. The lowest BCUT2D eigenvalue weighted by Crippen LogP contribution is -1.98. The van der Waals surface area contributed by atoms with Gasteiger partial charge >= 0.3 is 0 Å². The van der Waals surface area contributed by atoms with Gasteiger partial charge in [0.2, 0.25) is 0 Å². The van der Waals surface area contributed by atoms with Crippen molar-refractivity contribution in [3.05, 3.63) is 43.9 Å². The molecule has 2 aromatic rings. The zero-order valence-electron chi connectivity index (χ0n) is 7.61. The van der Waals surface area contributed by atoms with Gasteiger partial charge in [-0.3, -0.25) is 0 Å². The van der Waals surface area contributed by atoms with E-state index in [4.69, 9.17) is 16.0 Å². The average Bonchev–Trinajstić information content (AvgIpc) is 2.75. The average molecular weight is 308 g/mol. The van der Waals surface area contributed by atoms with Crippen molar-refractivity contribution in [2.75, 3.05) is 0 Å². The van der Waals surface area contributed by atoms with Crippen LogP contribution in [0, 0.1) is 0 Å². The van der Waals surface area contributed by atoms with Crippen molar-refractivity contribution in [2.24, 2.45) is 0 Å². The molecule has 0 aliphatic carbocycles. The van der Waals surface area contributed by atoms with E-state index in [1.807, 2.05) is 12.1 Å². The van der Waals surface area contributed by atoms with Crippen LogP contribution in [0.4, 0.5) is 0 Å². The number of aliphatic hydroxyl groups excluding tert-OH is 1. The molecule has 1 unspecified atom stereocenters. The third kappa shape index (κ3) is 2.84. The van der Waals surface area contributed by atoms with Gasteiger partial charge in [0.1, 0.15) is 11.9 Å². The number of furan rings is 1. The van der Waals surface area contributed by atoms with Crippen LogP contribution < -0.4 is 0 Å². The molecule has 0 aromatic carbocycles. The minimum absolute atomic E-state index is 0.525. The second kappa shape index (κ2) is 4.70. The number of thiophene rings is 1. The van der Waals surface area contributed by atoms with Crippen molar-refractivity contribution >= 4 is 38.9 Å². The molecule has 5 heteroatoms. The van der Waals surface area contributed by atoms with E-state index in [0.717, 1.165) is 9.21 Å². The highest BCUT2D eigenvalue weighted by atomic mass is 79.9. The van der Waals surface area contributed by atoms with Crippen LogP contribution >= 0.6 is 38.9 Å². The van der Waals surface area contributed by atoms with Gasteiger partial charge in [0.15, 0.2) is 4.67 Å². The Morgan fingerprint density at radius 2 is 2.20 bits per heavy atom. The van der Waals surface area contributed by atoms with Gasteiger partial charge in [-0.1, -0.05) is 11.6 Å². The maximum Gasteiger partial charge on any atom is 0.169 e. The number of hydrogen-bond donors (Lipinski definition) is 1. The molecule has 0 radical (unpaired) electrons. The summed E-state index contributed by atoms with van der Waals surface area (Å²) in [6.07, 6.45) is -0.0943. The van der Waals surface area contributed by atoms with E-state index >= 15 is 0 Å². The smallest absolute Gasteiger partial charge is 0.169 e. The highest BCUT2D eigenvalue weighted by molar-refractivity contribution is 9.10. The fourth-order valence-corrected chi connectivity index (χ4v) is 2.70. The van der Waals surface area contributed by atoms with Crippen molar-refractivity contribution in [2.45, 2.75) is 12.5 Å². The quantitative estimate of drug-likeness (QED) is 0.928. The van der Waals surface area contributed by atoms with Crippen molar-refractivity contribution in [1.29, 1.82) is 0 Å². The highest BCUT2D eigenvalue weighted by Gasteiger charge is 2.13. The van der Waals surface area contributed by atoms with Crippen LogP contribution in [0.2, 0.25) is 4.34 Å². The lowest BCUT2D eigenvalue weighted by atomic mass is 10.2. The molecule has 0 aliphatic rings. The molecular formula is C10H8BrClO2S. The lowest BCUT2D eigenvalue weighted by molar-refractivity contribution is 0.149. The van der Waals surface area contributed by atoms with Gasteiger partial charge in [0.05, 0.1) is 4.34 Å². The lowest BCUT2D eigenvalue weighted by Gasteiger charge is -2.04. The molecule has 15 heavy (non-hydrogen) atoms. The first-order valence-electron chi connectivity index (χ1n) is 4.32. The fraction of sp³-hybridized carbons (Fsp3) is 0.200. The van der Waals surface area contributed by atoms with Crippen LogP contribution in [0.1, 0.15) is 16.7 Å². The van der Waals surface area contributed by atoms with Crippen LogP contribution in [0.15, 0.2) is 33.4 Å². The Balaban J connectivity index is 2.06. The number of halogens is 2. The second-order valence-electron chi connectivity index (χ2n) is 3.07. The van der Waals surface area contributed by atoms with Crippen molar-refractivity contribution < 1.29 is 9.52 Å². The molecule has 2 aromatic heterocycles. The summed E-state index contributed by atoms with van der Waals surface area (Å²) in [4.78, 5) is 1.04. The summed E-state index contributed by atoms with van der Waals surface area (Å²) < 4.78 is 6.62. The maximum atomic E-state index is 9.85. The van der Waals surface area contributed by atoms with Gasteiger partial charge < -0.3 is 9.52 Å². The molecule has 2 heterocycles. The van der Waals surface area contributed by atoms with E-state index < -0.39 is 6.10 Å². The maximum absolute atomic E-state index is 9.85. The Morgan fingerprint density at radius 1 is 1.40 bits per heavy atom. The molecule has 2 nitrogen and oxygen atoms in total. The van der Waals surface area contributed by atoms with E-state index in [-0.39, 0.29) is 0 Å². The van der Waals surface area contributed by atoms with Crippen LogP contribution in [0.5, 0.6) is 0 Å². The van der Waals surface area contributed by atoms with E-state index in [9.17, 15) is 5.11 Å². The van der Waals surface area contributed by atoms with Crippen LogP contribution in [-0.2, 0) is 6.42 Å². The van der Waals surface area contributed by atoms with E-state index in [0.29, 0.717) is 16.9 Å². The molecule has 2 rings (SSSR count). The van der Waals surface area contributed by atoms with Crippen molar-refractivity contribution in [3.63, 3.8) is 0 Å². The Morgan fingerprint density at radius 3 is 2.73 bits per heavy atom. The predicted molar refractivity (Wildman–Crippen MR) is 64.4 cm³/mol. The fourth-order valence-electron chi connectivity index (χ4n) is 1.26. The van der Waals surface area contributed by atoms with E-state index in [1.54, 1.807) is 12.1 Å².